The number of aromatic nitrogens is 1. The maximum absolute atomic E-state index is 14.4. The average molecular weight is 481 g/mol. The highest BCUT2D eigenvalue weighted by molar-refractivity contribution is 8.25. The summed E-state index contributed by atoms with van der Waals surface area (Å²) in [6, 6.07) is 9.44. The number of thioether (sulfide) groups is 1. The summed E-state index contributed by atoms with van der Waals surface area (Å²) in [5.41, 5.74) is 1.23. The van der Waals surface area contributed by atoms with Gasteiger partial charge in [-0.25, -0.2) is 0 Å². The van der Waals surface area contributed by atoms with Crippen LogP contribution >= 0.6 is 24.0 Å². The molecule has 170 valence electrons. The average Bonchev–Trinajstić information content (AvgIpc) is 3.33. The van der Waals surface area contributed by atoms with Crippen LogP contribution in [0.4, 0.5) is 5.69 Å². The highest BCUT2D eigenvalue weighted by Crippen LogP contribution is 2.66. The van der Waals surface area contributed by atoms with Gasteiger partial charge in [-0.15, -0.1) is 6.58 Å². The zero-order chi connectivity index (χ0) is 23.5. The summed E-state index contributed by atoms with van der Waals surface area (Å²) in [4.78, 5) is 38.0. The molecule has 0 aliphatic carbocycles. The molecule has 3 atom stereocenters. The molecule has 7 nitrogen and oxygen atoms in total. The number of methoxy groups -OCH3 is 1. The Kier molecular flexibility index (Phi) is 5.11. The Morgan fingerprint density at radius 3 is 2.64 bits per heavy atom. The van der Waals surface area contributed by atoms with E-state index >= 15 is 0 Å². The Morgan fingerprint density at radius 1 is 1.24 bits per heavy atom. The van der Waals surface area contributed by atoms with Crippen molar-refractivity contribution in [3.05, 3.63) is 66.5 Å². The highest BCUT2D eigenvalue weighted by Gasteiger charge is 2.78. The lowest BCUT2D eigenvalue weighted by Crippen LogP contribution is -2.62. The van der Waals surface area contributed by atoms with Gasteiger partial charge in [-0.3, -0.25) is 24.4 Å². The standard InChI is InChI=1S/C24H24N4O3S2/c1-5-12-28-21(30)24(33-22(28)32)18(15-8-10-25-11-9-15)14-26(2)23(24)17-13-16(31-4)6-7-19(17)27(3)20(23)29/h5-11,13,18H,1,12,14H2,2-4H3/t18-,23-,24-/m0/s1. The van der Waals surface area contributed by atoms with Crippen molar-refractivity contribution in [2.45, 2.75) is 16.2 Å². The first-order valence-corrected chi connectivity index (χ1v) is 11.8. The molecule has 4 heterocycles. The number of amides is 2. The van der Waals surface area contributed by atoms with E-state index in [1.807, 2.05) is 42.3 Å². The molecule has 2 fully saturated rings. The molecule has 3 aliphatic rings. The van der Waals surface area contributed by atoms with Crippen molar-refractivity contribution in [1.29, 1.82) is 0 Å². The predicted molar refractivity (Wildman–Crippen MR) is 133 cm³/mol. The third kappa shape index (κ3) is 2.61. The van der Waals surface area contributed by atoms with Gasteiger partial charge in [-0.05, 0) is 42.9 Å². The van der Waals surface area contributed by atoms with Crippen LogP contribution in [0.2, 0.25) is 0 Å². The van der Waals surface area contributed by atoms with Gasteiger partial charge >= 0.3 is 0 Å². The minimum absolute atomic E-state index is 0.145. The van der Waals surface area contributed by atoms with Crippen molar-refractivity contribution in [3.63, 3.8) is 0 Å². The van der Waals surface area contributed by atoms with Gasteiger partial charge in [0, 0.05) is 49.7 Å². The summed E-state index contributed by atoms with van der Waals surface area (Å²) in [6.45, 7) is 4.60. The molecule has 5 rings (SSSR count). The van der Waals surface area contributed by atoms with E-state index < -0.39 is 10.3 Å². The molecular weight excluding hydrogens is 456 g/mol. The summed E-state index contributed by atoms with van der Waals surface area (Å²) >= 11 is 7.03. The first-order valence-electron chi connectivity index (χ1n) is 10.6. The smallest absolute Gasteiger partial charge is 0.254 e. The number of hydrogen-bond acceptors (Lipinski definition) is 7. The molecule has 1 aromatic heterocycles. The van der Waals surface area contributed by atoms with Crippen molar-refractivity contribution >= 4 is 45.8 Å². The molecule has 2 saturated heterocycles. The molecule has 2 amide bonds. The third-order valence-electron chi connectivity index (χ3n) is 7.08. The van der Waals surface area contributed by atoms with E-state index in [0.29, 0.717) is 23.2 Å². The molecule has 2 aromatic rings. The summed E-state index contributed by atoms with van der Waals surface area (Å²) in [5, 5.41) is 0. The van der Waals surface area contributed by atoms with Crippen LogP contribution in [-0.4, -0.2) is 70.0 Å². The fourth-order valence-electron chi connectivity index (χ4n) is 5.69. The Labute approximate surface area is 202 Å². The first kappa shape index (κ1) is 22.1. The molecule has 3 aliphatic heterocycles. The predicted octanol–water partition coefficient (Wildman–Crippen LogP) is 2.78. The van der Waals surface area contributed by atoms with Crippen LogP contribution in [0, 0.1) is 0 Å². The monoisotopic (exact) mass is 480 g/mol. The Balaban J connectivity index is 1.84. The number of carbonyl (C=O) groups is 2. The second kappa shape index (κ2) is 7.65. The van der Waals surface area contributed by atoms with Crippen molar-refractivity contribution in [3.8, 4) is 5.75 Å². The van der Waals surface area contributed by atoms with E-state index in [-0.39, 0.29) is 17.7 Å². The van der Waals surface area contributed by atoms with Gasteiger partial charge in [0.1, 0.15) is 14.8 Å². The zero-order valence-electron chi connectivity index (χ0n) is 18.6. The molecule has 33 heavy (non-hydrogen) atoms. The SMILES string of the molecule is C=CCN1C(=O)[C@@]2(SC1=S)[C@H](c1ccncc1)CN(C)[C@@]21C(=O)N(C)c2ccc(OC)cc21. The Hall–Kier alpha value is -2.75. The minimum Gasteiger partial charge on any atom is -0.497 e. The molecule has 9 heteroatoms. The van der Waals surface area contributed by atoms with Crippen LogP contribution in [0.3, 0.4) is 0 Å². The van der Waals surface area contributed by atoms with E-state index in [1.54, 1.807) is 42.4 Å². The molecule has 0 N–H and O–H groups in total. The van der Waals surface area contributed by atoms with Crippen molar-refractivity contribution in [2.24, 2.45) is 0 Å². The number of hydrogen-bond donors (Lipinski definition) is 0. The van der Waals surface area contributed by atoms with Gasteiger partial charge in [-0.1, -0.05) is 30.1 Å². The lowest BCUT2D eigenvalue weighted by molar-refractivity contribution is -0.138. The normalized spacial score (nSPS) is 28.9. The highest BCUT2D eigenvalue weighted by atomic mass is 32.2. The number of carbonyl (C=O) groups excluding carboxylic acids is 2. The molecular formula is C24H24N4O3S2. The van der Waals surface area contributed by atoms with Gasteiger partial charge in [0.15, 0.2) is 5.54 Å². The van der Waals surface area contributed by atoms with E-state index in [2.05, 4.69) is 11.6 Å². The number of likely N-dealkylation sites (tertiary alicyclic amines) is 1. The fourth-order valence-corrected chi connectivity index (χ4v) is 7.83. The Bertz CT molecular complexity index is 1190. The number of anilines is 1. The Morgan fingerprint density at radius 2 is 1.97 bits per heavy atom. The van der Waals surface area contributed by atoms with E-state index in [9.17, 15) is 9.59 Å². The lowest BCUT2D eigenvalue weighted by Gasteiger charge is -2.42. The van der Waals surface area contributed by atoms with Crippen molar-refractivity contribution < 1.29 is 14.3 Å². The van der Waals surface area contributed by atoms with Crippen LogP contribution in [0.5, 0.6) is 5.75 Å². The quantitative estimate of drug-likeness (QED) is 0.493. The van der Waals surface area contributed by atoms with Gasteiger partial charge in [-0.2, -0.15) is 0 Å². The molecule has 0 saturated carbocycles. The first-order chi connectivity index (χ1) is 15.8. The number of fused-ring (bicyclic) bond motifs is 3. The molecule has 1 aromatic carbocycles. The number of pyridine rings is 1. The second-order valence-electron chi connectivity index (χ2n) is 8.48. The lowest BCUT2D eigenvalue weighted by atomic mass is 9.72. The van der Waals surface area contributed by atoms with E-state index in [4.69, 9.17) is 17.0 Å². The fraction of sp³-hybridized carbons (Fsp3) is 0.333. The largest absolute Gasteiger partial charge is 0.497 e. The zero-order valence-corrected chi connectivity index (χ0v) is 20.3. The van der Waals surface area contributed by atoms with Crippen LogP contribution in [0.25, 0.3) is 0 Å². The number of likely N-dealkylation sites (N-methyl/N-ethyl adjacent to an activating group) is 2. The summed E-state index contributed by atoms with van der Waals surface area (Å²) in [7, 11) is 5.27. The van der Waals surface area contributed by atoms with Crippen LogP contribution < -0.4 is 9.64 Å². The van der Waals surface area contributed by atoms with Crippen LogP contribution in [0.1, 0.15) is 17.0 Å². The topological polar surface area (TPSA) is 66.0 Å². The van der Waals surface area contributed by atoms with E-state index in [0.717, 1.165) is 16.8 Å². The third-order valence-corrected chi connectivity index (χ3v) is 9.02. The molecule has 0 radical (unpaired) electrons. The van der Waals surface area contributed by atoms with Gasteiger partial charge in [0.25, 0.3) is 5.91 Å². The maximum Gasteiger partial charge on any atom is 0.254 e. The number of nitrogens with zero attached hydrogens (tertiary/aromatic N) is 4. The number of thiocarbonyl (C=S) groups is 1. The maximum atomic E-state index is 14.4. The number of benzene rings is 1. The molecule has 0 unspecified atom stereocenters. The van der Waals surface area contributed by atoms with Crippen LogP contribution in [-0.2, 0) is 15.1 Å². The summed E-state index contributed by atoms with van der Waals surface area (Å²) < 4.78 is 4.79. The molecule has 0 bridgehead atoms. The van der Waals surface area contributed by atoms with Gasteiger partial charge in [0.2, 0.25) is 5.91 Å². The van der Waals surface area contributed by atoms with Crippen molar-refractivity contribution in [1.82, 2.24) is 14.8 Å². The summed E-state index contributed by atoms with van der Waals surface area (Å²) in [6.07, 6.45) is 5.10. The van der Waals surface area contributed by atoms with Crippen molar-refractivity contribution in [2.75, 3.05) is 39.2 Å². The van der Waals surface area contributed by atoms with E-state index in [1.165, 1.54) is 11.8 Å². The van der Waals surface area contributed by atoms with Crippen LogP contribution in [0.15, 0.2) is 55.4 Å². The molecule has 2 spiro atoms. The summed E-state index contributed by atoms with van der Waals surface area (Å²) in [5.74, 6) is 0.0354. The number of rotatable bonds is 4. The van der Waals surface area contributed by atoms with Gasteiger partial charge < -0.3 is 9.64 Å². The minimum atomic E-state index is -1.25. The van der Waals surface area contributed by atoms with Gasteiger partial charge in [0.05, 0.1) is 7.11 Å². The number of ether oxygens (including phenoxy) is 1. The second-order valence-corrected chi connectivity index (χ2v) is 10.4.